The van der Waals surface area contributed by atoms with Crippen molar-refractivity contribution in [2.24, 2.45) is 0 Å². The average molecular weight is 718 g/mol. The molecule has 0 atom stereocenters. The van der Waals surface area contributed by atoms with Gasteiger partial charge in [0.05, 0.1) is 5.39 Å². The molecule has 12 rings (SSSR count). The van der Waals surface area contributed by atoms with Crippen molar-refractivity contribution in [3.8, 4) is 22.3 Å². The summed E-state index contributed by atoms with van der Waals surface area (Å²) in [5.74, 6) is 0. The predicted octanol–water partition coefficient (Wildman–Crippen LogP) is 15.3. The lowest BCUT2D eigenvalue weighted by atomic mass is 9.97. The molecule has 0 radical (unpaired) electrons. The summed E-state index contributed by atoms with van der Waals surface area (Å²) in [5, 5.41) is 8.89. The Hall–Kier alpha value is -7.56. The van der Waals surface area contributed by atoms with Gasteiger partial charge in [-0.2, -0.15) is 0 Å². The monoisotopic (exact) mass is 717 g/mol. The van der Waals surface area contributed by atoms with Gasteiger partial charge in [0.25, 0.3) is 0 Å². The number of rotatable bonds is 5. The number of para-hydroxylation sites is 2. The van der Waals surface area contributed by atoms with Crippen molar-refractivity contribution >= 4 is 93.7 Å². The number of fused-ring (bicyclic) bond motifs is 11. The summed E-state index contributed by atoms with van der Waals surface area (Å²) in [6.45, 7) is 0. The molecule has 3 aromatic heterocycles. The third-order valence-electron chi connectivity index (χ3n) is 11.2. The number of furan rings is 3. The van der Waals surface area contributed by atoms with Crippen molar-refractivity contribution in [2.75, 3.05) is 4.90 Å². The second-order valence-electron chi connectivity index (χ2n) is 14.5. The van der Waals surface area contributed by atoms with Gasteiger partial charge in [-0.15, -0.1) is 0 Å². The normalized spacial score (nSPS) is 11.9. The highest BCUT2D eigenvalue weighted by Crippen LogP contribution is 2.45. The van der Waals surface area contributed by atoms with Crippen LogP contribution in [-0.2, 0) is 0 Å². The van der Waals surface area contributed by atoms with Crippen LogP contribution in [0.2, 0.25) is 0 Å². The van der Waals surface area contributed by atoms with E-state index in [0.717, 1.165) is 99.6 Å². The summed E-state index contributed by atoms with van der Waals surface area (Å²) in [5.41, 5.74) is 12.6. The van der Waals surface area contributed by atoms with Crippen LogP contribution in [0, 0.1) is 0 Å². The summed E-state index contributed by atoms with van der Waals surface area (Å²) in [6.07, 6.45) is 0. The average Bonchev–Trinajstić information content (AvgIpc) is 3.95. The second kappa shape index (κ2) is 12.0. The first kappa shape index (κ1) is 30.9. The van der Waals surface area contributed by atoms with Gasteiger partial charge in [-0.05, 0) is 106 Å². The van der Waals surface area contributed by atoms with Gasteiger partial charge in [0.2, 0.25) is 0 Å². The van der Waals surface area contributed by atoms with Gasteiger partial charge in [-0.25, -0.2) is 0 Å². The Morgan fingerprint density at radius 3 is 1.80 bits per heavy atom. The Balaban J connectivity index is 1.03. The molecular formula is C52H31NO3. The highest BCUT2D eigenvalue weighted by molar-refractivity contribution is 6.25. The Morgan fingerprint density at radius 1 is 0.304 bits per heavy atom. The molecule has 4 heteroatoms. The summed E-state index contributed by atoms with van der Waals surface area (Å²) in [7, 11) is 0. The first-order chi connectivity index (χ1) is 27.7. The van der Waals surface area contributed by atoms with Crippen LogP contribution >= 0.6 is 0 Å². The van der Waals surface area contributed by atoms with E-state index >= 15 is 0 Å². The summed E-state index contributed by atoms with van der Waals surface area (Å²) in [4.78, 5) is 2.31. The lowest BCUT2D eigenvalue weighted by Gasteiger charge is -2.26. The number of nitrogens with zero attached hydrogens (tertiary/aromatic N) is 1. The second-order valence-corrected chi connectivity index (χ2v) is 14.5. The summed E-state index contributed by atoms with van der Waals surface area (Å²) in [6, 6.07) is 66.2. The van der Waals surface area contributed by atoms with Crippen LogP contribution in [0.3, 0.4) is 0 Å². The quantitative estimate of drug-likeness (QED) is 0.178. The molecule has 0 N–H and O–H groups in total. The maximum absolute atomic E-state index is 6.54. The predicted molar refractivity (Wildman–Crippen MR) is 231 cm³/mol. The molecular weight excluding hydrogens is 687 g/mol. The lowest BCUT2D eigenvalue weighted by Crippen LogP contribution is -2.10. The molecule has 0 saturated carbocycles. The lowest BCUT2D eigenvalue weighted by molar-refractivity contribution is 0.663. The van der Waals surface area contributed by atoms with E-state index in [4.69, 9.17) is 13.3 Å². The maximum atomic E-state index is 6.54. The third-order valence-corrected chi connectivity index (χ3v) is 11.2. The maximum Gasteiger partial charge on any atom is 0.147 e. The molecule has 0 unspecified atom stereocenters. The van der Waals surface area contributed by atoms with Gasteiger partial charge >= 0.3 is 0 Å². The fourth-order valence-corrected chi connectivity index (χ4v) is 8.61. The van der Waals surface area contributed by atoms with Gasteiger partial charge in [0.1, 0.15) is 33.5 Å². The smallest absolute Gasteiger partial charge is 0.147 e. The van der Waals surface area contributed by atoms with Crippen molar-refractivity contribution in [3.05, 3.63) is 188 Å². The zero-order chi connectivity index (χ0) is 36.7. The van der Waals surface area contributed by atoms with E-state index < -0.39 is 0 Å². The standard InChI is InChI=1S/C52H31NO3/c1-2-10-34-29-35(20-19-32(34)9-1)33-21-23-37(24-22-33)53(39-25-26-43-41-13-3-5-16-45(41)54-49(43)31-39)38-12-7-11-36(30-38)40-15-8-18-47-50(40)51-48(55-47)28-27-44-42-14-4-6-17-46(42)56-52(44)51/h1-31H. The van der Waals surface area contributed by atoms with Crippen LogP contribution in [0.25, 0.3) is 98.8 Å². The molecule has 0 fully saturated rings. The molecule has 9 aromatic carbocycles. The number of benzene rings is 9. The van der Waals surface area contributed by atoms with Crippen molar-refractivity contribution in [1.82, 2.24) is 0 Å². The molecule has 0 bridgehead atoms. The van der Waals surface area contributed by atoms with E-state index in [-0.39, 0.29) is 0 Å². The topological polar surface area (TPSA) is 42.7 Å². The Kier molecular flexibility index (Phi) is 6.60. The molecule has 3 heterocycles. The Labute approximate surface area is 321 Å². The van der Waals surface area contributed by atoms with Crippen LogP contribution in [0.5, 0.6) is 0 Å². The molecule has 0 saturated heterocycles. The molecule has 0 spiro atoms. The van der Waals surface area contributed by atoms with E-state index in [1.807, 2.05) is 30.3 Å². The SMILES string of the molecule is c1cc(-c2cccc3oc4ccc5c6ccccc6oc5c4c23)cc(N(c2ccc(-c3ccc4ccccc4c3)cc2)c2ccc3c(c2)oc2ccccc23)c1. The third kappa shape index (κ3) is 4.73. The molecule has 0 aliphatic carbocycles. The molecule has 4 nitrogen and oxygen atoms in total. The summed E-state index contributed by atoms with van der Waals surface area (Å²) >= 11 is 0. The van der Waals surface area contributed by atoms with E-state index in [1.54, 1.807) is 0 Å². The Morgan fingerprint density at radius 2 is 0.929 bits per heavy atom. The number of hydrogen-bond acceptors (Lipinski definition) is 4. The minimum atomic E-state index is 0.808. The first-order valence-corrected chi connectivity index (χ1v) is 18.9. The highest BCUT2D eigenvalue weighted by Gasteiger charge is 2.21. The van der Waals surface area contributed by atoms with Gasteiger partial charge in [0.15, 0.2) is 0 Å². The minimum Gasteiger partial charge on any atom is -0.456 e. The number of hydrogen-bond donors (Lipinski definition) is 0. The molecule has 0 aliphatic rings. The van der Waals surface area contributed by atoms with Crippen molar-refractivity contribution in [1.29, 1.82) is 0 Å². The van der Waals surface area contributed by atoms with Gasteiger partial charge in [-0.3, -0.25) is 0 Å². The minimum absolute atomic E-state index is 0.808. The largest absolute Gasteiger partial charge is 0.456 e. The van der Waals surface area contributed by atoms with Crippen molar-refractivity contribution in [3.63, 3.8) is 0 Å². The number of anilines is 3. The highest BCUT2D eigenvalue weighted by atomic mass is 16.3. The van der Waals surface area contributed by atoms with Gasteiger partial charge in [0, 0.05) is 50.1 Å². The van der Waals surface area contributed by atoms with E-state index in [1.165, 1.54) is 16.3 Å². The molecule has 262 valence electrons. The molecule has 0 amide bonds. The zero-order valence-corrected chi connectivity index (χ0v) is 30.1. The van der Waals surface area contributed by atoms with Crippen molar-refractivity contribution < 1.29 is 13.3 Å². The Bertz CT molecular complexity index is 3490. The van der Waals surface area contributed by atoms with Gasteiger partial charge in [-0.1, -0.05) is 109 Å². The van der Waals surface area contributed by atoms with Gasteiger partial charge < -0.3 is 18.2 Å². The van der Waals surface area contributed by atoms with E-state index in [9.17, 15) is 0 Å². The van der Waals surface area contributed by atoms with Crippen LogP contribution < -0.4 is 4.90 Å². The van der Waals surface area contributed by atoms with Crippen LogP contribution in [0.4, 0.5) is 17.1 Å². The van der Waals surface area contributed by atoms with E-state index in [0.29, 0.717) is 0 Å². The zero-order valence-electron chi connectivity index (χ0n) is 30.1. The fourth-order valence-electron chi connectivity index (χ4n) is 8.61. The van der Waals surface area contributed by atoms with Crippen LogP contribution in [-0.4, -0.2) is 0 Å². The van der Waals surface area contributed by atoms with E-state index in [2.05, 4.69) is 163 Å². The molecule has 12 aromatic rings. The first-order valence-electron chi connectivity index (χ1n) is 18.9. The molecule has 56 heavy (non-hydrogen) atoms. The van der Waals surface area contributed by atoms with Crippen LogP contribution in [0.1, 0.15) is 0 Å². The van der Waals surface area contributed by atoms with Crippen LogP contribution in [0.15, 0.2) is 201 Å². The van der Waals surface area contributed by atoms with Crippen molar-refractivity contribution in [2.45, 2.75) is 0 Å². The molecule has 0 aliphatic heterocycles. The fraction of sp³-hybridized carbons (Fsp3) is 0. The summed E-state index contributed by atoms with van der Waals surface area (Å²) < 4.78 is 19.4.